The maximum atomic E-state index is 6.22. The average molecular weight is 392 g/mol. The third kappa shape index (κ3) is 4.30. The maximum absolute atomic E-state index is 6.22. The van der Waals surface area contributed by atoms with E-state index < -0.39 is 0 Å². The summed E-state index contributed by atoms with van der Waals surface area (Å²) < 4.78 is 17.9. The molecule has 2 aromatic carbocycles. The molecule has 4 rings (SSSR count). The van der Waals surface area contributed by atoms with Gasteiger partial charge in [-0.2, -0.15) is 0 Å². The van der Waals surface area contributed by atoms with Gasteiger partial charge in [0.1, 0.15) is 23.1 Å². The molecule has 0 N–H and O–H groups in total. The van der Waals surface area contributed by atoms with Gasteiger partial charge >= 0.3 is 0 Å². The predicted octanol–water partition coefficient (Wildman–Crippen LogP) is 4.82. The zero-order valence-electron chi connectivity index (χ0n) is 17.4. The fourth-order valence-corrected chi connectivity index (χ4v) is 3.86. The molecule has 1 atom stereocenters. The quantitative estimate of drug-likeness (QED) is 0.602. The number of pyridine rings is 1. The molecule has 0 aliphatic carbocycles. The van der Waals surface area contributed by atoms with Crippen LogP contribution in [-0.4, -0.2) is 35.7 Å². The fourth-order valence-electron chi connectivity index (χ4n) is 3.86. The Morgan fingerprint density at radius 1 is 1.03 bits per heavy atom. The highest BCUT2D eigenvalue weighted by atomic mass is 16.5. The second kappa shape index (κ2) is 8.70. The van der Waals surface area contributed by atoms with Crippen molar-refractivity contribution in [2.45, 2.75) is 40.0 Å². The van der Waals surface area contributed by atoms with Crippen LogP contribution in [0.5, 0.6) is 17.4 Å². The van der Waals surface area contributed by atoms with E-state index in [0.717, 1.165) is 47.6 Å². The van der Waals surface area contributed by atoms with Crippen LogP contribution in [0.4, 0.5) is 0 Å². The Bertz CT molecular complexity index is 975. The molecule has 0 bridgehead atoms. The van der Waals surface area contributed by atoms with E-state index in [9.17, 15) is 0 Å². The first kappa shape index (κ1) is 19.5. The first-order chi connectivity index (χ1) is 14.2. The molecule has 0 fully saturated rings. The molecule has 152 valence electrons. The van der Waals surface area contributed by atoms with Gasteiger partial charge in [-0.1, -0.05) is 30.3 Å². The highest BCUT2D eigenvalue weighted by molar-refractivity contribution is 5.91. The van der Waals surface area contributed by atoms with Crippen LogP contribution in [0.2, 0.25) is 0 Å². The van der Waals surface area contributed by atoms with Crippen LogP contribution in [-0.2, 0) is 13.1 Å². The van der Waals surface area contributed by atoms with E-state index in [-0.39, 0.29) is 6.10 Å². The van der Waals surface area contributed by atoms with E-state index in [1.165, 1.54) is 5.56 Å². The van der Waals surface area contributed by atoms with Crippen molar-refractivity contribution in [3.8, 4) is 17.4 Å². The Morgan fingerprint density at radius 2 is 1.76 bits per heavy atom. The Balaban J connectivity index is 1.75. The van der Waals surface area contributed by atoms with Gasteiger partial charge in [0.05, 0.1) is 13.2 Å². The molecule has 0 amide bonds. The highest BCUT2D eigenvalue weighted by Gasteiger charge is 2.23. The Hall–Kier alpha value is -2.79. The zero-order valence-corrected chi connectivity index (χ0v) is 17.4. The van der Waals surface area contributed by atoms with Crippen LogP contribution in [0, 0.1) is 0 Å². The van der Waals surface area contributed by atoms with Crippen molar-refractivity contribution < 1.29 is 14.2 Å². The Labute approximate surface area is 172 Å². The van der Waals surface area contributed by atoms with Crippen molar-refractivity contribution in [2.24, 2.45) is 0 Å². The number of hydrogen-bond acceptors (Lipinski definition) is 5. The van der Waals surface area contributed by atoms with Crippen molar-refractivity contribution in [1.82, 2.24) is 9.88 Å². The Morgan fingerprint density at radius 3 is 2.52 bits per heavy atom. The number of fused-ring (bicyclic) bond motifs is 2. The van der Waals surface area contributed by atoms with Crippen LogP contribution < -0.4 is 14.2 Å². The van der Waals surface area contributed by atoms with Crippen molar-refractivity contribution >= 4 is 10.9 Å². The highest BCUT2D eigenvalue weighted by Crippen LogP contribution is 2.37. The third-order valence-corrected chi connectivity index (χ3v) is 5.02. The summed E-state index contributed by atoms with van der Waals surface area (Å²) in [5.74, 6) is 2.28. The van der Waals surface area contributed by atoms with E-state index in [2.05, 4.69) is 42.2 Å². The SMILES string of the molecule is CCOc1ccc(OCC)c2nc3c(cc12)CN(Cc1ccccc1)CC(C)O3. The minimum absolute atomic E-state index is 0.0514. The normalized spacial score (nSPS) is 16.7. The van der Waals surface area contributed by atoms with E-state index in [1.807, 2.05) is 32.0 Å². The number of benzene rings is 2. The molecule has 0 saturated heterocycles. The molecule has 0 spiro atoms. The average Bonchev–Trinajstić information content (AvgIpc) is 2.86. The van der Waals surface area contributed by atoms with Crippen molar-refractivity contribution in [3.63, 3.8) is 0 Å². The molecule has 5 nitrogen and oxygen atoms in total. The number of aromatic nitrogens is 1. The Kier molecular flexibility index (Phi) is 5.86. The van der Waals surface area contributed by atoms with Gasteiger partial charge in [-0.25, -0.2) is 4.98 Å². The molecule has 0 saturated carbocycles. The lowest BCUT2D eigenvalue weighted by atomic mass is 10.1. The lowest BCUT2D eigenvalue weighted by molar-refractivity contribution is 0.153. The van der Waals surface area contributed by atoms with Gasteiger partial charge in [0.2, 0.25) is 5.88 Å². The van der Waals surface area contributed by atoms with Gasteiger partial charge < -0.3 is 14.2 Å². The van der Waals surface area contributed by atoms with Crippen LogP contribution in [0.15, 0.2) is 48.5 Å². The largest absolute Gasteiger partial charge is 0.493 e. The van der Waals surface area contributed by atoms with Crippen molar-refractivity contribution in [3.05, 3.63) is 59.7 Å². The van der Waals surface area contributed by atoms with Gasteiger partial charge in [-0.3, -0.25) is 4.90 Å². The lowest BCUT2D eigenvalue weighted by Gasteiger charge is -2.21. The molecular weight excluding hydrogens is 364 g/mol. The smallest absolute Gasteiger partial charge is 0.218 e. The summed E-state index contributed by atoms with van der Waals surface area (Å²) in [4.78, 5) is 7.28. The van der Waals surface area contributed by atoms with Gasteiger partial charge in [0, 0.05) is 30.6 Å². The molecule has 5 heteroatoms. The van der Waals surface area contributed by atoms with Gasteiger partial charge in [-0.05, 0) is 44.5 Å². The van der Waals surface area contributed by atoms with E-state index in [0.29, 0.717) is 19.1 Å². The van der Waals surface area contributed by atoms with Crippen LogP contribution in [0.1, 0.15) is 31.9 Å². The molecular formula is C24H28N2O3. The predicted molar refractivity (Wildman–Crippen MR) is 115 cm³/mol. The summed E-state index contributed by atoms with van der Waals surface area (Å²) in [6, 6.07) is 16.6. The molecule has 1 aliphatic heterocycles. The second-order valence-corrected chi connectivity index (χ2v) is 7.36. The van der Waals surface area contributed by atoms with Crippen LogP contribution in [0.25, 0.3) is 10.9 Å². The maximum Gasteiger partial charge on any atom is 0.218 e. The third-order valence-electron chi connectivity index (χ3n) is 5.02. The number of nitrogens with zero attached hydrogens (tertiary/aromatic N) is 2. The van der Waals surface area contributed by atoms with E-state index in [4.69, 9.17) is 19.2 Å². The molecule has 2 heterocycles. The summed E-state index contributed by atoms with van der Waals surface area (Å²) in [6.45, 7) is 9.76. The summed E-state index contributed by atoms with van der Waals surface area (Å²) in [6.07, 6.45) is 0.0514. The second-order valence-electron chi connectivity index (χ2n) is 7.36. The summed E-state index contributed by atoms with van der Waals surface area (Å²) in [7, 11) is 0. The van der Waals surface area contributed by atoms with E-state index >= 15 is 0 Å². The first-order valence-electron chi connectivity index (χ1n) is 10.3. The minimum Gasteiger partial charge on any atom is -0.493 e. The van der Waals surface area contributed by atoms with Crippen molar-refractivity contribution in [2.75, 3.05) is 19.8 Å². The number of ether oxygens (including phenoxy) is 3. The minimum atomic E-state index is 0.0514. The molecule has 29 heavy (non-hydrogen) atoms. The summed E-state index contributed by atoms with van der Waals surface area (Å²) in [5, 5.41) is 0.967. The van der Waals surface area contributed by atoms with Gasteiger partial charge in [-0.15, -0.1) is 0 Å². The monoisotopic (exact) mass is 392 g/mol. The molecule has 0 radical (unpaired) electrons. The van der Waals surface area contributed by atoms with Gasteiger partial charge in [0.15, 0.2) is 0 Å². The first-order valence-corrected chi connectivity index (χ1v) is 10.3. The number of hydrogen-bond donors (Lipinski definition) is 0. The van der Waals surface area contributed by atoms with Crippen LogP contribution >= 0.6 is 0 Å². The van der Waals surface area contributed by atoms with Crippen molar-refractivity contribution in [1.29, 1.82) is 0 Å². The number of rotatable bonds is 6. The fraction of sp³-hybridized carbons (Fsp3) is 0.375. The molecule has 1 unspecified atom stereocenters. The van der Waals surface area contributed by atoms with E-state index in [1.54, 1.807) is 0 Å². The summed E-state index contributed by atoms with van der Waals surface area (Å²) >= 11 is 0. The summed E-state index contributed by atoms with van der Waals surface area (Å²) in [5.41, 5.74) is 3.16. The topological polar surface area (TPSA) is 43.8 Å². The van der Waals surface area contributed by atoms with Crippen LogP contribution in [0.3, 0.4) is 0 Å². The standard InChI is InChI=1S/C24H28N2O3/c1-4-27-21-11-12-22(28-5-2)23-20(21)13-19-16-26(14-17(3)29-24(19)25-23)15-18-9-7-6-8-10-18/h6-13,17H,4-5,14-16H2,1-3H3. The molecule has 3 aromatic rings. The molecule has 1 aliphatic rings. The zero-order chi connectivity index (χ0) is 20.2. The molecule has 1 aromatic heterocycles. The lowest BCUT2D eigenvalue weighted by Crippen LogP contribution is -2.30. The van der Waals surface area contributed by atoms with Gasteiger partial charge in [0.25, 0.3) is 0 Å².